The molecule has 0 aromatic heterocycles. The second kappa shape index (κ2) is 5.67. The summed E-state index contributed by atoms with van der Waals surface area (Å²) in [4.78, 5) is -0.436. The van der Waals surface area contributed by atoms with E-state index in [-0.39, 0.29) is 15.7 Å². The lowest BCUT2D eigenvalue weighted by Gasteiger charge is -2.12. The fourth-order valence-electron chi connectivity index (χ4n) is 1.54. The first-order valence-electron chi connectivity index (χ1n) is 5.44. The van der Waals surface area contributed by atoms with E-state index in [1.54, 1.807) is 4.72 Å². The van der Waals surface area contributed by atoms with Crippen molar-refractivity contribution in [1.82, 2.24) is 0 Å². The number of hydrogen-bond acceptors (Lipinski definition) is 3. The smallest absolute Gasteiger partial charge is 0.263 e. The highest BCUT2D eigenvalue weighted by atomic mass is 35.5. The van der Waals surface area contributed by atoms with Crippen LogP contribution in [-0.4, -0.2) is 8.42 Å². The zero-order valence-corrected chi connectivity index (χ0v) is 12.5. The highest BCUT2D eigenvalue weighted by molar-refractivity contribution is 7.92. The third-order valence-electron chi connectivity index (χ3n) is 2.58. The fourth-order valence-corrected chi connectivity index (χ4v) is 3.38. The molecular formula is C12H8Cl2F2N2O2S. The maximum Gasteiger partial charge on any atom is 0.263 e. The monoisotopic (exact) mass is 352 g/mol. The number of hydrogen-bond donors (Lipinski definition) is 2. The summed E-state index contributed by atoms with van der Waals surface area (Å²) < 4.78 is 53.1. The minimum absolute atomic E-state index is 0.0658. The van der Waals surface area contributed by atoms with Gasteiger partial charge in [0.05, 0.1) is 15.7 Å². The molecule has 4 nitrogen and oxygen atoms in total. The van der Waals surface area contributed by atoms with Crippen LogP contribution in [0.15, 0.2) is 35.2 Å². The molecule has 0 atom stereocenters. The summed E-state index contributed by atoms with van der Waals surface area (Å²) in [5, 5.41) is -0.261. The molecule has 0 aliphatic heterocycles. The van der Waals surface area contributed by atoms with Crippen LogP contribution in [0.2, 0.25) is 10.0 Å². The lowest BCUT2D eigenvalue weighted by atomic mass is 10.3. The molecule has 112 valence electrons. The van der Waals surface area contributed by atoms with Crippen molar-refractivity contribution in [1.29, 1.82) is 0 Å². The second-order valence-electron chi connectivity index (χ2n) is 3.98. The van der Waals surface area contributed by atoms with E-state index in [0.717, 1.165) is 24.3 Å². The van der Waals surface area contributed by atoms with Gasteiger partial charge < -0.3 is 5.73 Å². The zero-order valence-electron chi connectivity index (χ0n) is 10.2. The van der Waals surface area contributed by atoms with Crippen LogP contribution in [0.5, 0.6) is 0 Å². The quantitative estimate of drug-likeness (QED) is 0.828. The third-order valence-corrected chi connectivity index (χ3v) is 4.82. The van der Waals surface area contributed by atoms with Gasteiger partial charge in [-0.25, -0.2) is 17.2 Å². The Kier molecular flexibility index (Phi) is 4.27. The van der Waals surface area contributed by atoms with Crippen molar-refractivity contribution in [2.45, 2.75) is 4.90 Å². The molecule has 0 saturated heterocycles. The van der Waals surface area contributed by atoms with Gasteiger partial charge in [-0.1, -0.05) is 29.3 Å². The van der Waals surface area contributed by atoms with Crippen molar-refractivity contribution < 1.29 is 17.2 Å². The van der Waals surface area contributed by atoms with E-state index in [2.05, 4.69) is 0 Å². The van der Waals surface area contributed by atoms with Gasteiger partial charge in [-0.15, -0.1) is 0 Å². The maximum atomic E-state index is 13.5. The Morgan fingerprint density at radius 2 is 1.62 bits per heavy atom. The minimum Gasteiger partial charge on any atom is -0.396 e. The topological polar surface area (TPSA) is 72.2 Å². The van der Waals surface area contributed by atoms with E-state index in [1.807, 2.05) is 0 Å². The van der Waals surface area contributed by atoms with Crippen LogP contribution in [0.4, 0.5) is 20.2 Å². The first-order chi connectivity index (χ1) is 9.74. The summed E-state index contributed by atoms with van der Waals surface area (Å²) in [6.45, 7) is 0. The molecule has 3 N–H and O–H groups in total. The highest BCUT2D eigenvalue weighted by Gasteiger charge is 2.23. The number of nitrogens with two attached hydrogens (primary N) is 1. The molecule has 0 aliphatic rings. The number of anilines is 2. The van der Waals surface area contributed by atoms with E-state index in [4.69, 9.17) is 28.9 Å². The van der Waals surface area contributed by atoms with Crippen molar-refractivity contribution in [3.8, 4) is 0 Å². The molecule has 21 heavy (non-hydrogen) atoms. The average molecular weight is 353 g/mol. The second-order valence-corrected chi connectivity index (χ2v) is 6.41. The van der Waals surface area contributed by atoms with E-state index < -0.39 is 32.2 Å². The van der Waals surface area contributed by atoms with Crippen molar-refractivity contribution >= 4 is 44.6 Å². The van der Waals surface area contributed by atoms with Crippen molar-refractivity contribution in [3.05, 3.63) is 52.0 Å². The summed E-state index contributed by atoms with van der Waals surface area (Å²) in [5.41, 5.74) is 4.58. The number of halogens is 4. The van der Waals surface area contributed by atoms with Crippen molar-refractivity contribution in [2.75, 3.05) is 10.5 Å². The summed E-state index contributed by atoms with van der Waals surface area (Å²) in [6.07, 6.45) is 0. The Balaban J connectivity index is 2.52. The van der Waals surface area contributed by atoms with Gasteiger partial charge in [0, 0.05) is 0 Å². The van der Waals surface area contributed by atoms with Gasteiger partial charge in [0.25, 0.3) is 10.0 Å². The summed E-state index contributed by atoms with van der Waals surface area (Å²) >= 11 is 11.5. The first kappa shape index (κ1) is 15.8. The Labute approximate surface area is 129 Å². The summed E-state index contributed by atoms with van der Waals surface area (Å²) in [5.74, 6) is -2.12. The largest absolute Gasteiger partial charge is 0.396 e. The van der Waals surface area contributed by atoms with Crippen LogP contribution in [0.25, 0.3) is 0 Å². The molecule has 0 amide bonds. The fraction of sp³-hybridized carbons (Fsp3) is 0. The standard InChI is InChI=1S/C12H8Cl2F2N2O2S/c13-6-4-5-9(10(14)11(6)17)21(19,20)18-12-7(15)2-1-3-8(12)16/h1-5,18H,17H2. The third kappa shape index (κ3) is 3.04. The van der Waals surface area contributed by atoms with Crippen LogP contribution < -0.4 is 10.5 Å². The molecule has 2 aromatic rings. The molecule has 0 bridgehead atoms. The number of benzene rings is 2. The van der Waals surface area contributed by atoms with Crippen LogP contribution in [0.1, 0.15) is 0 Å². The lowest BCUT2D eigenvalue weighted by Crippen LogP contribution is -2.16. The Hall–Kier alpha value is -1.57. The molecule has 2 aromatic carbocycles. The van der Waals surface area contributed by atoms with E-state index in [1.165, 1.54) is 6.07 Å². The van der Waals surface area contributed by atoms with Gasteiger partial charge in [0.2, 0.25) is 0 Å². The summed E-state index contributed by atoms with van der Waals surface area (Å²) in [6, 6.07) is 5.24. The predicted octanol–water partition coefficient (Wildman–Crippen LogP) is 3.65. The van der Waals surface area contributed by atoms with Gasteiger partial charge in [-0.2, -0.15) is 0 Å². The van der Waals surface area contributed by atoms with Crippen LogP contribution in [0.3, 0.4) is 0 Å². The van der Waals surface area contributed by atoms with Crippen molar-refractivity contribution in [3.63, 3.8) is 0 Å². The average Bonchev–Trinajstić information content (AvgIpc) is 2.40. The maximum absolute atomic E-state index is 13.5. The molecule has 9 heteroatoms. The first-order valence-corrected chi connectivity index (χ1v) is 7.68. The zero-order chi connectivity index (χ0) is 15.8. The molecular weight excluding hydrogens is 345 g/mol. The molecule has 0 spiro atoms. The molecule has 0 fully saturated rings. The number of rotatable bonds is 3. The van der Waals surface area contributed by atoms with Crippen LogP contribution in [0, 0.1) is 11.6 Å². The van der Waals surface area contributed by atoms with Gasteiger partial charge in [0.15, 0.2) is 0 Å². The number of para-hydroxylation sites is 1. The van der Waals surface area contributed by atoms with Gasteiger partial charge in [-0.3, -0.25) is 4.72 Å². The van der Waals surface area contributed by atoms with Crippen molar-refractivity contribution in [2.24, 2.45) is 0 Å². The van der Waals surface area contributed by atoms with E-state index in [9.17, 15) is 17.2 Å². The lowest BCUT2D eigenvalue weighted by molar-refractivity contribution is 0.583. The summed E-state index contributed by atoms with van der Waals surface area (Å²) in [7, 11) is -4.33. The van der Waals surface area contributed by atoms with E-state index in [0.29, 0.717) is 0 Å². The number of sulfonamides is 1. The normalized spacial score (nSPS) is 11.4. The molecule has 0 aliphatic carbocycles. The minimum atomic E-state index is -4.33. The number of nitrogens with one attached hydrogen (secondary N) is 1. The van der Waals surface area contributed by atoms with Gasteiger partial charge in [0.1, 0.15) is 22.2 Å². The Morgan fingerprint density at radius 3 is 2.19 bits per heavy atom. The van der Waals surface area contributed by atoms with Gasteiger partial charge >= 0.3 is 0 Å². The number of nitrogen functional groups attached to an aromatic ring is 1. The van der Waals surface area contributed by atoms with E-state index >= 15 is 0 Å². The molecule has 0 heterocycles. The molecule has 0 radical (unpaired) electrons. The molecule has 0 unspecified atom stereocenters. The van der Waals surface area contributed by atoms with Gasteiger partial charge in [-0.05, 0) is 24.3 Å². The Morgan fingerprint density at radius 1 is 1.05 bits per heavy atom. The SMILES string of the molecule is Nc1c(Cl)ccc(S(=O)(=O)Nc2c(F)cccc2F)c1Cl. The predicted molar refractivity (Wildman–Crippen MR) is 78.0 cm³/mol. The van der Waals surface area contributed by atoms with Crippen LogP contribution >= 0.6 is 23.2 Å². The Bertz CT molecular complexity index is 793. The molecule has 0 saturated carbocycles. The highest BCUT2D eigenvalue weighted by Crippen LogP contribution is 2.34. The van der Waals surface area contributed by atoms with Crippen LogP contribution in [-0.2, 0) is 10.0 Å². The molecule has 2 rings (SSSR count).